The molecule has 0 radical (unpaired) electrons. The molecule has 3 heteroatoms. The van der Waals surface area contributed by atoms with Crippen LogP contribution in [0.15, 0.2) is 18.2 Å². The molecule has 1 aromatic carbocycles. The first-order valence-electron chi connectivity index (χ1n) is 6.81. The van der Waals surface area contributed by atoms with Crippen molar-refractivity contribution in [1.29, 1.82) is 0 Å². The maximum Gasteiger partial charge on any atom is 0.124 e. The molecule has 0 aliphatic heterocycles. The average molecular weight is 251 g/mol. The average Bonchev–Trinajstić information content (AvgIpc) is 2.42. The van der Waals surface area contributed by atoms with Gasteiger partial charge in [0.25, 0.3) is 0 Å². The van der Waals surface area contributed by atoms with Crippen molar-refractivity contribution in [2.45, 2.75) is 45.6 Å². The van der Waals surface area contributed by atoms with Crippen LogP contribution in [0.4, 0.5) is 0 Å². The second-order valence-electron chi connectivity index (χ2n) is 4.44. The van der Waals surface area contributed by atoms with Crippen molar-refractivity contribution in [1.82, 2.24) is 0 Å². The van der Waals surface area contributed by atoms with Crippen molar-refractivity contribution in [2.75, 3.05) is 13.7 Å². The van der Waals surface area contributed by atoms with Gasteiger partial charge in [-0.15, -0.1) is 0 Å². The van der Waals surface area contributed by atoms with Crippen molar-refractivity contribution < 1.29 is 9.47 Å². The molecular weight excluding hydrogens is 226 g/mol. The number of methoxy groups -OCH3 is 1. The van der Waals surface area contributed by atoms with E-state index < -0.39 is 0 Å². The van der Waals surface area contributed by atoms with Gasteiger partial charge in [0.15, 0.2) is 0 Å². The van der Waals surface area contributed by atoms with E-state index in [4.69, 9.17) is 15.2 Å². The summed E-state index contributed by atoms with van der Waals surface area (Å²) < 4.78 is 10.9. The molecule has 0 aliphatic rings. The lowest BCUT2D eigenvalue weighted by Gasteiger charge is -2.11. The van der Waals surface area contributed by atoms with E-state index in [2.05, 4.69) is 6.92 Å². The second-order valence-corrected chi connectivity index (χ2v) is 4.44. The molecule has 0 saturated heterocycles. The minimum Gasteiger partial charge on any atom is -0.497 e. The van der Waals surface area contributed by atoms with E-state index in [1.807, 2.05) is 18.2 Å². The van der Waals surface area contributed by atoms with Gasteiger partial charge in [0.1, 0.15) is 11.5 Å². The molecule has 0 bridgehead atoms. The summed E-state index contributed by atoms with van der Waals surface area (Å²) in [5.74, 6) is 1.71. The minimum absolute atomic E-state index is 0.475. The Labute approximate surface area is 110 Å². The van der Waals surface area contributed by atoms with Crippen molar-refractivity contribution >= 4 is 0 Å². The molecule has 1 aromatic rings. The zero-order chi connectivity index (χ0) is 13.2. The fourth-order valence-corrected chi connectivity index (χ4v) is 1.87. The molecule has 0 heterocycles. The lowest BCUT2D eigenvalue weighted by molar-refractivity contribution is 0.301. The lowest BCUT2D eigenvalue weighted by Crippen LogP contribution is -2.04. The highest BCUT2D eigenvalue weighted by molar-refractivity contribution is 5.40. The standard InChI is InChI=1S/C15H25NO2/c1-3-4-5-6-7-10-18-15-9-8-14(17-2)11-13(15)12-16/h8-9,11H,3-7,10,12,16H2,1-2H3. The van der Waals surface area contributed by atoms with Crippen molar-refractivity contribution in [2.24, 2.45) is 5.73 Å². The van der Waals surface area contributed by atoms with Gasteiger partial charge in [-0.25, -0.2) is 0 Å². The molecular formula is C15H25NO2. The number of ether oxygens (including phenoxy) is 2. The van der Waals surface area contributed by atoms with Gasteiger partial charge in [0.2, 0.25) is 0 Å². The van der Waals surface area contributed by atoms with Crippen LogP contribution in [-0.4, -0.2) is 13.7 Å². The molecule has 0 fully saturated rings. The van der Waals surface area contributed by atoms with E-state index in [1.54, 1.807) is 7.11 Å². The summed E-state index contributed by atoms with van der Waals surface area (Å²) in [4.78, 5) is 0. The van der Waals surface area contributed by atoms with Crippen LogP contribution < -0.4 is 15.2 Å². The predicted octanol–water partition coefficient (Wildman–Crippen LogP) is 3.50. The Bertz CT molecular complexity index is 339. The molecule has 1 rings (SSSR count). The molecule has 0 atom stereocenters. The Balaban J connectivity index is 2.37. The number of nitrogens with two attached hydrogens (primary N) is 1. The minimum atomic E-state index is 0.475. The SMILES string of the molecule is CCCCCCCOc1ccc(OC)cc1CN. The number of benzene rings is 1. The maximum atomic E-state index is 5.77. The topological polar surface area (TPSA) is 44.5 Å². The summed E-state index contributed by atoms with van der Waals surface area (Å²) in [6, 6.07) is 5.78. The summed E-state index contributed by atoms with van der Waals surface area (Å²) in [6.45, 7) is 3.47. The molecule has 0 aromatic heterocycles. The van der Waals surface area contributed by atoms with Gasteiger partial charge >= 0.3 is 0 Å². The zero-order valence-corrected chi connectivity index (χ0v) is 11.6. The molecule has 2 N–H and O–H groups in total. The summed E-state index contributed by atoms with van der Waals surface area (Å²) in [5.41, 5.74) is 6.71. The monoisotopic (exact) mass is 251 g/mol. The summed E-state index contributed by atoms with van der Waals surface area (Å²) in [6.07, 6.45) is 6.23. The van der Waals surface area contributed by atoms with Crippen LogP contribution in [0.25, 0.3) is 0 Å². The predicted molar refractivity (Wildman–Crippen MR) is 75.1 cm³/mol. The van der Waals surface area contributed by atoms with Crippen LogP contribution >= 0.6 is 0 Å². The highest BCUT2D eigenvalue weighted by Crippen LogP contribution is 2.24. The van der Waals surface area contributed by atoms with E-state index in [9.17, 15) is 0 Å². The Morgan fingerprint density at radius 2 is 1.89 bits per heavy atom. The summed E-state index contributed by atoms with van der Waals surface area (Å²) in [5, 5.41) is 0. The fourth-order valence-electron chi connectivity index (χ4n) is 1.87. The number of hydrogen-bond donors (Lipinski definition) is 1. The first-order valence-corrected chi connectivity index (χ1v) is 6.81. The van der Waals surface area contributed by atoms with E-state index >= 15 is 0 Å². The quantitative estimate of drug-likeness (QED) is 0.683. The van der Waals surface area contributed by atoms with Crippen molar-refractivity contribution in [3.8, 4) is 11.5 Å². The van der Waals surface area contributed by atoms with E-state index in [1.165, 1.54) is 25.7 Å². The largest absolute Gasteiger partial charge is 0.497 e. The Hall–Kier alpha value is -1.22. The van der Waals surface area contributed by atoms with Gasteiger partial charge in [-0.05, 0) is 24.6 Å². The van der Waals surface area contributed by atoms with Crippen LogP contribution in [0.2, 0.25) is 0 Å². The van der Waals surface area contributed by atoms with Crippen LogP contribution in [0.5, 0.6) is 11.5 Å². The van der Waals surface area contributed by atoms with Crippen molar-refractivity contribution in [3.63, 3.8) is 0 Å². The summed E-state index contributed by atoms with van der Waals surface area (Å²) in [7, 11) is 1.66. The molecule has 0 amide bonds. The smallest absolute Gasteiger partial charge is 0.124 e. The third kappa shape index (κ3) is 4.96. The number of rotatable bonds is 9. The number of hydrogen-bond acceptors (Lipinski definition) is 3. The molecule has 0 saturated carbocycles. The lowest BCUT2D eigenvalue weighted by atomic mass is 10.1. The maximum absolute atomic E-state index is 5.77. The highest BCUT2D eigenvalue weighted by atomic mass is 16.5. The first kappa shape index (κ1) is 14.8. The van der Waals surface area contributed by atoms with Crippen LogP contribution in [0, 0.1) is 0 Å². The van der Waals surface area contributed by atoms with Crippen LogP contribution in [0.3, 0.4) is 0 Å². The van der Waals surface area contributed by atoms with Gasteiger partial charge < -0.3 is 15.2 Å². The van der Waals surface area contributed by atoms with Gasteiger partial charge in [-0.3, -0.25) is 0 Å². The summed E-state index contributed by atoms with van der Waals surface area (Å²) >= 11 is 0. The van der Waals surface area contributed by atoms with Crippen molar-refractivity contribution in [3.05, 3.63) is 23.8 Å². The van der Waals surface area contributed by atoms with Crippen LogP contribution in [-0.2, 0) is 6.54 Å². The highest BCUT2D eigenvalue weighted by Gasteiger charge is 2.04. The Kier molecular flexibility index (Phi) is 7.26. The number of unbranched alkanes of at least 4 members (excludes halogenated alkanes) is 4. The van der Waals surface area contributed by atoms with Gasteiger partial charge in [-0.1, -0.05) is 32.6 Å². The Morgan fingerprint density at radius 1 is 1.11 bits per heavy atom. The molecule has 3 nitrogen and oxygen atoms in total. The van der Waals surface area contributed by atoms with E-state index in [0.29, 0.717) is 6.54 Å². The fraction of sp³-hybridized carbons (Fsp3) is 0.600. The third-order valence-electron chi connectivity index (χ3n) is 2.99. The molecule has 0 aliphatic carbocycles. The third-order valence-corrected chi connectivity index (χ3v) is 2.99. The van der Waals surface area contributed by atoms with Gasteiger partial charge in [-0.2, -0.15) is 0 Å². The Morgan fingerprint density at radius 3 is 2.56 bits per heavy atom. The van der Waals surface area contributed by atoms with E-state index in [0.717, 1.165) is 30.1 Å². The molecule has 0 unspecified atom stereocenters. The molecule has 102 valence electrons. The first-order chi connectivity index (χ1) is 8.81. The van der Waals surface area contributed by atoms with Gasteiger partial charge in [0.05, 0.1) is 13.7 Å². The second kappa shape index (κ2) is 8.81. The van der Waals surface area contributed by atoms with E-state index in [-0.39, 0.29) is 0 Å². The zero-order valence-electron chi connectivity index (χ0n) is 11.6. The van der Waals surface area contributed by atoms with Crippen LogP contribution in [0.1, 0.15) is 44.6 Å². The molecule has 0 spiro atoms. The molecule has 18 heavy (non-hydrogen) atoms. The normalized spacial score (nSPS) is 10.4. The van der Waals surface area contributed by atoms with Gasteiger partial charge in [0, 0.05) is 12.1 Å².